The molecule has 4 heteroatoms. The van der Waals surface area contributed by atoms with Crippen molar-refractivity contribution in [3.05, 3.63) is 47.5 Å². The summed E-state index contributed by atoms with van der Waals surface area (Å²) in [6.07, 6.45) is 0. The van der Waals surface area contributed by atoms with Crippen LogP contribution in [0, 0.1) is 5.92 Å². The highest BCUT2D eigenvalue weighted by Crippen LogP contribution is 2.24. The molecule has 0 radical (unpaired) electrons. The fourth-order valence-electron chi connectivity index (χ4n) is 2.21. The number of carbonyl (C=O) groups is 2. The molecule has 1 amide bonds. The fraction of sp³-hybridized carbons (Fsp3) is 0.250. The lowest BCUT2D eigenvalue weighted by atomic mass is 9.89. The molecule has 0 aliphatic carbocycles. The average molecular weight is 270 g/mol. The summed E-state index contributed by atoms with van der Waals surface area (Å²) in [4.78, 5) is 24.2. The molecule has 20 heavy (non-hydrogen) atoms. The van der Waals surface area contributed by atoms with Gasteiger partial charge in [-0.05, 0) is 22.8 Å². The second kappa shape index (κ2) is 5.43. The number of nitrogens with two attached hydrogens (primary N) is 2. The fourth-order valence-corrected chi connectivity index (χ4v) is 2.21. The van der Waals surface area contributed by atoms with Gasteiger partial charge in [0.25, 0.3) is 0 Å². The number of benzene rings is 2. The molecular formula is C16H18N2O2. The zero-order valence-electron chi connectivity index (χ0n) is 11.6. The minimum Gasteiger partial charge on any atom is -0.366 e. The Balaban J connectivity index is 2.73. The van der Waals surface area contributed by atoms with E-state index in [1.54, 1.807) is 12.1 Å². The standard InChI is InChI=1S/C16H18N2O2/c1-9(2)14(17)15(19)13-11-6-4-3-5-10(11)7-8-12(13)16(18)20/h3-9,14H,17H2,1-2H3,(H2,18,20)/t14-/m0/s1. The molecule has 1 atom stereocenters. The van der Waals surface area contributed by atoms with E-state index in [2.05, 4.69) is 0 Å². The van der Waals surface area contributed by atoms with Crippen LogP contribution < -0.4 is 11.5 Å². The third-order valence-electron chi connectivity index (χ3n) is 3.46. The number of hydrogen-bond donors (Lipinski definition) is 2. The summed E-state index contributed by atoms with van der Waals surface area (Å²) in [6.45, 7) is 3.75. The zero-order valence-corrected chi connectivity index (χ0v) is 11.6. The van der Waals surface area contributed by atoms with Gasteiger partial charge in [-0.3, -0.25) is 9.59 Å². The lowest BCUT2D eigenvalue weighted by Crippen LogP contribution is -2.36. The van der Waals surface area contributed by atoms with Crippen LogP contribution in [0.2, 0.25) is 0 Å². The summed E-state index contributed by atoms with van der Waals surface area (Å²) in [7, 11) is 0. The molecule has 0 aliphatic heterocycles. The van der Waals surface area contributed by atoms with Crippen LogP contribution in [0.1, 0.15) is 34.6 Å². The van der Waals surface area contributed by atoms with E-state index in [1.807, 2.05) is 38.1 Å². The second-order valence-electron chi connectivity index (χ2n) is 5.21. The topological polar surface area (TPSA) is 86.2 Å². The van der Waals surface area contributed by atoms with Gasteiger partial charge in [-0.15, -0.1) is 0 Å². The van der Waals surface area contributed by atoms with Crippen molar-refractivity contribution < 1.29 is 9.59 Å². The van der Waals surface area contributed by atoms with E-state index < -0.39 is 11.9 Å². The van der Waals surface area contributed by atoms with Crippen molar-refractivity contribution >= 4 is 22.5 Å². The highest BCUT2D eigenvalue weighted by molar-refractivity contribution is 6.17. The van der Waals surface area contributed by atoms with E-state index in [4.69, 9.17) is 11.5 Å². The summed E-state index contributed by atoms with van der Waals surface area (Å²) in [5.41, 5.74) is 11.9. The van der Waals surface area contributed by atoms with Gasteiger partial charge >= 0.3 is 0 Å². The number of amides is 1. The highest BCUT2D eigenvalue weighted by atomic mass is 16.1. The van der Waals surface area contributed by atoms with Crippen LogP contribution in [-0.4, -0.2) is 17.7 Å². The summed E-state index contributed by atoms with van der Waals surface area (Å²) < 4.78 is 0. The quantitative estimate of drug-likeness (QED) is 0.834. The third-order valence-corrected chi connectivity index (χ3v) is 3.46. The molecule has 0 saturated heterocycles. The lowest BCUT2D eigenvalue weighted by Gasteiger charge is -2.17. The summed E-state index contributed by atoms with van der Waals surface area (Å²) in [5.74, 6) is -0.872. The molecule has 4 N–H and O–H groups in total. The Morgan fingerprint density at radius 2 is 1.70 bits per heavy atom. The van der Waals surface area contributed by atoms with Gasteiger partial charge in [0.2, 0.25) is 5.91 Å². The Hall–Kier alpha value is -2.20. The first kappa shape index (κ1) is 14.2. The summed E-state index contributed by atoms with van der Waals surface area (Å²) >= 11 is 0. The minimum atomic E-state index is -0.654. The summed E-state index contributed by atoms with van der Waals surface area (Å²) in [6, 6.07) is 10.1. The number of Topliss-reactive ketones (excluding diaryl/α,β-unsaturated/α-hetero) is 1. The molecule has 2 aromatic carbocycles. The van der Waals surface area contributed by atoms with E-state index in [9.17, 15) is 9.59 Å². The molecule has 4 nitrogen and oxygen atoms in total. The van der Waals surface area contributed by atoms with Crippen LogP contribution in [0.5, 0.6) is 0 Å². The molecular weight excluding hydrogens is 252 g/mol. The Bertz CT molecular complexity index is 677. The van der Waals surface area contributed by atoms with Crippen LogP contribution >= 0.6 is 0 Å². The second-order valence-corrected chi connectivity index (χ2v) is 5.21. The van der Waals surface area contributed by atoms with Gasteiger partial charge in [0, 0.05) is 5.56 Å². The largest absolute Gasteiger partial charge is 0.366 e. The lowest BCUT2D eigenvalue weighted by molar-refractivity contribution is 0.0927. The number of carbonyl (C=O) groups excluding carboxylic acids is 2. The van der Waals surface area contributed by atoms with Crippen molar-refractivity contribution in [2.45, 2.75) is 19.9 Å². The molecule has 0 saturated carbocycles. The van der Waals surface area contributed by atoms with E-state index in [0.717, 1.165) is 5.39 Å². The van der Waals surface area contributed by atoms with Gasteiger partial charge in [0.15, 0.2) is 5.78 Å². The maximum atomic E-state index is 12.6. The first-order chi connectivity index (χ1) is 9.43. The molecule has 0 aliphatic rings. The maximum Gasteiger partial charge on any atom is 0.249 e. The predicted molar refractivity (Wildman–Crippen MR) is 79.6 cm³/mol. The average Bonchev–Trinajstić information content (AvgIpc) is 2.44. The van der Waals surface area contributed by atoms with Gasteiger partial charge in [-0.25, -0.2) is 0 Å². The van der Waals surface area contributed by atoms with Crippen molar-refractivity contribution in [2.24, 2.45) is 17.4 Å². The first-order valence-electron chi connectivity index (χ1n) is 6.54. The van der Waals surface area contributed by atoms with Gasteiger partial charge in [0.1, 0.15) is 0 Å². The van der Waals surface area contributed by atoms with Crippen LogP contribution in [0.3, 0.4) is 0 Å². The molecule has 0 fully saturated rings. The number of hydrogen-bond acceptors (Lipinski definition) is 3. The van der Waals surface area contributed by atoms with Gasteiger partial charge in [-0.1, -0.05) is 44.2 Å². The summed E-state index contributed by atoms with van der Waals surface area (Å²) in [5, 5.41) is 1.60. The van der Waals surface area contributed by atoms with E-state index in [1.165, 1.54) is 0 Å². The number of primary amides is 1. The van der Waals surface area contributed by atoms with Crippen molar-refractivity contribution in [2.75, 3.05) is 0 Å². The van der Waals surface area contributed by atoms with Gasteiger partial charge < -0.3 is 11.5 Å². The van der Waals surface area contributed by atoms with Crippen LogP contribution in [-0.2, 0) is 0 Å². The van der Waals surface area contributed by atoms with E-state index >= 15 is 0 Å². The maximum absolute atomic E-state index is 12.6. The minimum absolute atomic E-state index is 0.0119. The smallest absolute Gasteiger partial charge is 0.249 e. The number of rotatable bonds is 4. The monoisotopic (exact) mass is 270 g/mol. The Morgan fingerprint density at radius 1 is 1.05 bits per heavy atom. The van der Waals surface area contributed by atoms with E-state index in [-0.39, 0.29) is 17.3 Å². The molecule has 0 heterocycles. The SMILES string of the molecule is CC(C)[C@H](N)C(=O)c1c(C(N)=O)ccc2ccccc12. The highest BCUT2D eigenvalue weighted by Gasteiger charge is 2.25. The molecule has 0 bridgehead atoms. The van der Waals surface area contributed by atoms with E-state index in [0.29, 0.717) is 10.9 Å². The van der Waals surface area contributed by atoms with Crippen LogP contribution in [0.15, 0.2) is 36.4 Å². The Kier molecular flexibility index (Phi) is 3.86. The molecule has 0 unspecified atom stereocenters. The van der Waals surface area contributed by atoms with Crippen LogP contribution in [0.4, 0.5) is 0 Å². The number of ketones is 1. The molecule has 0 spiro atoms. The molecule has 2 aromatic rings. The van der Waals surface area contributed by atoms with Crippen molar-refractivity contribution in [1.29, 1.82) is 0 Å². The third kappa shape index (κ3) is 2.42. The van der Waals surface area contributed by atoms with Crippen LogP contribution in [0.25, 0.3) is 10.8 Å². The van der Waals surface area contributed by atoms with Gasteiger partial charge in [-0.2, -0.15) is 0 Å². The number of fused-ring (bicyclic) bond motifs is 1. The Labute approximate surface area is 117 Å². The predicted octanol–water partition coefficient (Wildman–Crippen LogP) is 2.10. The van der Waals surface area contributed by atoms with Crippen molar-refractivity contribution in [3.8, 4) is 0 Å². The van der Waals surface area contributed by atoms with Gasteiger partial charge in [0.05, 0.1) is 11.6 Å². The first-order valence-corrected chi connectivity index (χ1v) is 6.54. The normalized spacial score (nSPS) is 12.6. The Morgan fingerprint density at radius 3 is 2.30 bits per heavy atom. The molecule has 0 aromatic heterocycles. The molecule has 104 valence electrons. The molecule has 2 rings (SSSR count). The van der Waals surface area contributed by atoms with Crippen molar-refractivity contribution in [1.82, 2.24) is 0 Å². The zero-order chi connectivity index (χ0) is 14.9. The van der Waals surface area contributed by atoms with Crippen molar-refractivity contribution in [3.63, 3.8) is 0 Å².